The Labute approximate surface area is 98.7 Å². The van der Waals surface area contributed by atoms with E-state index in [9.17, 15) is 4.39 Å². The number of nitrogen functional groups attached to an aromatic ring is 1. The second-order valence-corrected chi connectivity index (χ2v) is 4.39. The molecule has 3 nitrogen and oxygen atoms in total. The van der Waals surface area contributed by atoms with Crippen LogP contribution in [0.15, 0.2) is 23.1 Å². The molecule has 0 heterocycles. The van der Waals surface area contributed by atoms with E-state index in [-0.39, 0.29) is 11.7 Å². The maximum absolute atomic E-state index is 13.5. The molecule has 0 spiro atoms. The first-order valence-corrected chi connectivity index (χ1v) is 5.89. The van der Waals surface area contributed by atoms with Gasteiger partial charge in [0.2, 0.25) is 0 Å². The highest BCUT2D eigenvalue weighted by atomic mass is 32.2. The Morgan fingerprint density at radius 2 is 2.31 bits per heavy atom. The molecule has 0 bridgehead atoms. The molecular weight excluding hydrogens is 227 g/mol. The van der Waals surface area contributed by atoms with Crippen LogP contribution < -0.4 is 5.73 Å². The molecule has 0 atom stereocenters. The van der Waals surface area contributed by atoms with Crippen molar-refractivity contribution in [2.24, 2.45) is 5.73 Å². The average Bonchev–Trinajstić information content (AvgIpc) is 2.26. The van der Waals surface area contributed by atoms with E-state index >= 15 is 0 Å². The first-order valence-electron chi connectivity index (χ1n) is 4.91. The number of methoxy groups -OCH3 is 1. The summed E-state index contributed by atoms with van der Waals surface area (Å²) >= 11 is 1.44. The molecule has 1 aromatic rings. The third kappa shape index (κ3) is 3.83. The standard InChI is InChI=1S/C11H15FN2OS/c1-15-5-2-6-16-10-4-3-8(11(13)14)7-9(10)12/h3-4,7H,2,5-6H2,1H3,(H3,13,14). The number of thioether (sulfide) groups is 1. The lowest BCUT2D eigenvalue weighted by Crippen LogP contribution is -2.11. The summed E-state index contributed by atoms with van der Waals surface area (Å²) < 4.78 is 18.4. The van der Waals surface area contributed by atoms with Gasteiger partial charge in [-0.15, -0.1) is 11.8 Å². The molecule has 3 N–H and O–H groups in total. The topological polar surface area (TPSA) is 59.1 Å². The van der Waals surface area contributed by atoms with E-state index in [0.717, 1.165) is 12.2 Å². The Morgan fingerprint density at radius 1 is 1.56 bits per heavy atom. The summed E-state index contributed by atoms with van der Waals surface area (Å²) in [5.41, 5.74) is 5.68. The van der Waals surface area contributed by atoms with Gasteiger partial charge in [0.25, 0.3) is 0 Å². The van der Waals surface area contributed by atoms with Crippen LogP contribution in [0.5, 0.6) is 0 Å². The van der Waals surface area contributed by atoms with Crippen LogP contribution in [0.25, 0.3) is 0 Å². The molecule has 0 amide bonds. The minimum absolute atomic E-state index is 0.116. The minimum Gasteiger partial charge on any atom is -0.385 e. The zero-order valence-corrected chi connectivity index (χ0v) is 9.94. The van der Waals surface area contributed by atoms with Crippen molar-refractivity contribution in [3.05, 3.63) is 29.6 Å². The molecule has 0 radical (unpaired) electrons. The van der Waals surface area contributed by atoms with Crippen molar-refractivity contribution in [2.45, 2.75) is 11.3 Å². The minimum atomic E-state index is -0.324. The van der Waals surface area contributed by atoms with E-state index in [4.69, 9.17) is 15.9 Å². The van der Waals surface area contributed by atoms with Gasteiger partial charge in [-0.05, 0) is 24.6 Å². The third-order valence-electron chi connectivity index (χ3n) is 1.99. The first-order chi connectivity index (χ1) is 7.65. The van der Waals surface area contributed by atoms with Gasteiger partial charge in [-0.2, -0.15) is 0 Å². The predicted molar refractivity (Wildman–Crippen MR) is 64.6 cm³/mol. The van der Waals surface area contributed by atoms with Gasteiger partial charge >= 0.3 is 0 Å². The van der Waals surface area contributed by atoms with Gasteiger partial charge in [-0.3, -0.25) is 5.41 Å². The molecule has 88 valence electrons. The summed E-state index contributed by atoms with van der Waals surface area (Å²) in [6.07, 6.45) is 0.884. The van der Waals surface area contributed by atoms with Crippen molar-refractivity contribution in [1.82, 2.24) is 0 Å². The highest BCUT2D eigenvalue weighted by Crippen LogP contribution is 2.23. The van der Waals surface area contributed by atoms with Crippen molar-refractivity contribution in [3.8, 4) is 0 Å². The summed E-state index contributed by atoms with van der Waals surface area (Å²) in [6.45, 7) is 0.681. The molecule has 0 aromatic heterocycles. The van der Waals surface area contributed by atoms with E-state index in [1.807, 2.05) is 0 Å². The van der Waals surface area contributed by atoms with E-state index in [2.05, 4.69) is 0 Å². The third-order valence-corrected chi connectivity index (χ3v) is 3.13. The Hall–Kier alpha value is -1.07. The number of amidine groups is 1. The lowest BCUT2D eigenvalue weighted by molar-refractivity contribution is 0.200. The predicted octanol–water partition coefficient (Wildman–Crippen LogP) is 2.24. The number of nitrogens with one attached hydrogen (secondary N) is 1. The highest BCUT2D eigenvalue weighted by Gasteiger charge is 2.05. The fraction of sp³-hybridized carbons (Fsp3) is 0.364. The molecule has 1 rings (SSSR count). The molecule has 0 aliphatic rings. The first kappa shape index (κ1) is 13.0. The second-order valence-electron chi connectivity index (χ2n) is 3.25. The molecular formula is C11H15FN2OS. The number of benzene rings is 1. The average molecular weight is 242 g/mol. The summed E-state index contributed by atoms with van der Waals surface area (Å²) in [5.74, 6) is 0.370. The highest BCUT2D eigenvalue weighted by molar-refractivity contribution is 7.99. The van der Waals surface area contributed by atoms with Crippen LogP contribution in [0.4, 0.5) is 4.39 Å². The molecule has 0 fully saturated rings. The van der Waals surface area contributed by atoms with Crippen molar-refractivity contribution >= 4 is 17.6 Å². The molecule has 0 aliphatic carbocycles. The summed E-state index contributed by atoms with van der Waals surface area (Å²) in [6, 6.07) is 4.61. The van der Waals surface area contributed by atoms with Gasteiger partial charge in [0.1, 0.15) is 11.7 Å². The summed E-state index contributed by atoms with van der Waals surface area (Å²) in [5, 5.41) is 7.18. The van der Waals surface area contributed by atoms with Gasteiger partial charge in [-0.25, -0.2) is 4.39 Å². The van der Waals surface area contributed by atoms with Crippen LogP contribution in [0, 0.1) is 11.2 Å². The molecule has 5 heteroatoms. The van der Waals surface area contributed by atoms with Crippen LogP contribution in [0.1, 0.15) is 12.0 Å². The lowest BCUT2D eigenvalue weighted by Gasteiger charge is -2.05. The molecule has 1 aromatic carbocycles. The lowest BCUT2D eigenvalue weighted by atomic mass is 10.2. The number of halogens is 1. The molecule has 0 saturated heterocycles. The SMILES string of the molecule is COCCCSc1ccc(C(=N)N)cc1F. The number of rotatable bonds is 6. The van der Waals surface area contributed by atoms with Gasteiger partial charge in [-0.1, -0.05) is 0 Å². The zero-order chi connectivity index (χ0) is 12.0. The van der Waals surface area contributed by atoms with Gasteiger partial charge in [0, 0.05) is 29.9 Å². The van der Waals surface area contributed by atoms with Crippen LogP contribution in [0.2, 0.25) is 0 Å². The quantitative estimate of drug-likeness (QED) is 0.348. The Morgan fingerprint density at radius 3 is 2.88 bits per heavy atom. The van der Waals surface area contributed by atoms with Crippen LogP contribution >= 0.6 is 11.8 Å². The van der Waals surface area contributed by atoms with Crippen molar-refractivity contribution < 1.29 is 9.13 Å². The van der Waals surface area contributed by atoms with Crippen molar-refractivity contribution in [3.63, 3.8) is 0 Å². The second kappa shape index (κ2) is 6.50. The fourth-order valence-corrected chi connectivity index (χ4v) is 2.01. The van der Waals surface area contributed by atoms with Crippen molar-refractivity contribution in [2.75, 3.05) is 19.5 Å². The Balaban J connectivity index is 2.57. The summed E-state index contributed by atoms with van der Waals surface area (Å²) in [4.78, 5) is 0.584. The fourth-order valence-electron chi connectivity index (χ4n) is 1.17. The van der Waals surface area contributed by atoms with Crippen LogP contribution in [-0.2, 0) is 4.74 Å². The van der Waals surface area contributed by atoms with E-state index in [1.165, 1.54) is 17.8 Å². The molecule has 0 aliphatic heterocycles. The summed E-state index contributed by atoms with van der Waals surface area (Å²) in [7, 11) is 1.65. The van der Waals surface area contributed by atoms with Gasteiger partial charge in [0.15, 0.2) is 0 Å². The van der Waals surface area contributed by atoms with E-state index in [1.54, 1.807) is 19.2 Å². The van der Waals surface area contributed by atoms with Gasteiger partial charge < -0.3 is 10.5 Å². The number of ether oxygens (including phenoxy) is 1. The molecule has 0 unspecified atom stereocenters. The maximum atomic E-state index is 13.5. The number of hydrogen-bond acceptors (Lipinski definition) is 3. The number of hydrogen-bond donors (Lipinski definition) is 2. The van der Waals surface area contributed by atoms with Crippen LogP contribution in [-0.4, -0.2) is 25.3 Å². The Kier molecular flexibility index (Phi) is 5.28. The van der Waals surface area contributed by atoms with E-state index in [0.29, 0.717) is 17.1 Å². The maximum Gasteiger partial charge on any atom is 0.137 e. The number of nitrogens with two attached hydrogens (primary N) is 1. The molecule has 16 heavy (non-hydrogen) atoms. The Bertz CT molecular complexity index is 371. The van der Waals surface area contributed by atoms with Crippen LogP contribution in [0.3, 0.4) is 0 Å². The monoisotopic (exact) mass is 242 g/mol. The smallest absolute Gasteiger partial charge is 0.137 e. The normalized spacial score (nSPS) is 10.4. The largest absolute Gasteiger partial charge is 0.385 e. The van der Waals surface area contributed by atoms with Gasteiger partial charge in [0.05, 0.1) is 0 Å². The van der Waals surface area contributed by atoms with E-state index < -0.39 is 0 Å². The van der Waals surface area contributed by atoms with Crippen molar-refractivity contribution in [1.29, 1.82) is 5.41 Å². The zero-order valence-electron chi connectivity index (χ0n) is 9.13. The molecule has 0 saturated carbocycles.